The van der Waals surface area contributed by atoms with Crippen LogP contribution in [-0.4, -0.2) is 78.6 Å². The molecule has 0 unspecified atom stereocenters. The van der Waals surface area contributed by atoms with E-state index in [4.69, 9.17) is 18.0 Å². The molecule has 0 spiro atoms. The lowest BCUT2D eigenvalue weighted by Crippen LogP contribution is -2.48. The smallest absolute Gasteiger partial charge is 0.0870 e. The van der Waals surface area contributed by atoms with Gasteiger partial charge in [0.05, 0.1) is 4.99 Å². The molecule has 0 amide bonds. The second-order valence-electron chi connectivity index (χ2n) is 5.18. The summed E-state index contributed by atoms with van der Waals surface area (Å²) in [6.45, 7) is 12.0. The highest BCUT2D eigenvalue weighted by molar-refractivity contribution is 7.80. The van der Waals surface area contributed by atoms with E-state index in [9.17, 15) is 0 Å². The topological polar surface area (TPSA) is 35.7 Å². The van der Waals surface area contributed by atoms with Crippen molar-refractivity contribution < 1.29 is 0 Å². The Morgan fingerprint density at radius 2 is 1.88 bits per heavy atom. The molecule has 0 aromatic rings. The van der Waals surface area contributed by atoms with Crippen molar-refractivity contribution in [1.82, 2.24) is 14.7 Å². The Kier molecular flexibility index (Phi) is 6.33. The van der Waals surface area contributed by atoms with E-state index in [1.54, 1.807) is 0 Å². The van der Waals surface area contributed by atoms with E-state index in [0.717, 1.165) is 19.6 Å². The van der Waals surface area contributed by atoms with Crippen LogP contribution in [0.1, 0.15) is 13.8 Å². The fourth-order valence-corrected chi connectivity index (χ4v) is 2.23. The lowest BCUT2D eigenvalue weighted by Gasteiger charge is -2.34. The molecular formula is C12H26N4S. The number of piperazine rings is 1. The Morgan fingerprint density at radius 3 is 2.35 bits per heavy atom. The minimum atomic E-state index is 0.504. The molecule has 1 rings (SSSR count). The summed E-state index contributed by atoms with van der Waals surface area (Å²) < 4.78 is 0. The van der Waals surface area contributed by atoms with Crippen molar-refractivity contribution in [3.8, 4) is 0 Å². The Bertz CT molecular complexity index is 237. The van der Waals surface area contributed by atoms with Crippen molar-refractivity contribution in [2.75, 3.05) is 52.9 Å². The first-order chi connectivity index (χ1) is 7.99. The van der Waals surface area contributed by atoms with Crippen LogP contribution in [-0.2, 0) is 0 Å². The van der Waals surface area contributed by atoms with Gasteiger partial charge in [0, 0.05) is 51.9 Å². The lowest BCUT2D eigenvalue weighted by atomic mass is 10.3. The Labute approximate surface area is 111 Å². The van der Waals surface area contributed by atoms with E-state index >= 15 is 0 Å². The largest absolute Gasteiger partial charge is 0.392 e. The van der Waals surface area contributed by atoms with Gasteiger partial charge >= 0.3 is 0 Å². The van der Waals surface area contributed by atoms with E-state index in [-0.39, 0.29) is 0 Å². The maximum Gasteiger partial charge on any atom is 0.0870 e. The van der Waals surface area contributed by atoms with Gasteiger partial charge in [-0.15, -0.1) is 0 Å². The van der Waals surface area contributed by atoms with Gasteiger partial charge in [-0.05, 0) is 20.9 Å². The van der Waals surface area contributed by atoms with Gasteiger partial charge in [0.15, 0.2) is 0 Å². The molecule has 0 bridgehead atoms. The molecule has 2 N–H and O–H groups in total. The average molecular weight is 258 g/mol. The first-order valence-electron chi connectivity index (χ1n) is 6.42. The molecule has 1 saturated heterocycles. The summed E-state index contributed by atoms with van der Waals surface area (Å²) >= 11 is 4.99. The predicted molar refractivity (Wildman–Crippen MR) is 77.4 cm³/mol. The molecule has 4 nitrogen and oxygen atoms in total. The zero-order valence-corrected chi connectivity index (χ0v) is 12.2. The highest BCUT2D eigenvalue weighted by Gasteiger charge is 2.16. The number of rotatable bonds is 6. The second-order valence-corrected chi connectivity index (χ2v) is 5.70. The Hall–Kier alpha value is -0.230. The van der Waals surface area contributed by atoms with Crippen LogP contribution in [0.2, 0.25) is 0 Å². The molecule has 0 saturated carbocycles. The number of hydrogen-bond donors (Lipinski definition) is 1. The van der Waals surface area contributed by atoms with Gasteiger partial charge in [-0.25, -0.2) is 0 Å². The minimum absolute atomic E-state index is 0.504. The Morgan fingerprint density at radius 1 is 1.29 bits per heavy atom. The molecular weight excluding hydrogens is 232 g/mol. The lowest BCUT2D eigenvalue weighted by molar-refractivity contribution is 0.131. The third kappa shape index (κ3) is 5.77. The summed E-state index contributed by atoms with van der Waals surface area (Å²) in [6.07, 6.45) is 0. The maximum atomic E-state index is 5.63. The zero-order valence-electron chi connectivity index (χ0n) is 11.4. The van der Waals surface area contributed by atoms with Crippen LogP contribution in [0, 0.1) is 0 Å². The van der Waals surface area contributed by atoms with Crippen LogP contribution in [0.3, 0.4) is 0 Å². The van der Waals surface area contributed by atoms with E-state index in [1.807, 2.05) is 0 Å². The molecule has 17 heavy (non-hydrogen) atoms. The second kappa shape index (κ2) is 7.26. The highest BCUT2D eigenvalue weighted by atomic mass is 32.1. The molecule has 5 heteroatoms. The summed E-state index contributed by atoms with van der Waals surface area (Å²) in [6, 6.07) is 0.504. The fraction of sp³-hybridized carbons (Fsp3) is 0.917. The molecule has 0 aromatic heterocycles. The fourth-order valence-electron chi connectivity index (χ4n) is 2.06. The van der Waals surface area contributed by atoms with E-state index in [0.29, 0.717) is 11.0 Å². The van der Waals surface area contributed by atoms with Crippen molar-refractivity contribution in [3.63, 3.8) is 0 Å². The first kappa shape index (κ1) is 14.8. The van der Waals surface area contributed by atoms with E-state index < -0.39 is 0 Å². The standard InChI is InChI=1S/C12H26N4S/c1-11(2)16(10-12(13)17)9-8-15-6-4-14(3)5-7-15/h11H,4-10H2,1-3H3,(H2,13,17). The molecule has 1 fully saturated rings. The molecule has 100 valence electrons. The summed E-state index contributed by atoms with van der Waals surface area (Å²) in [4.78, 5) is 7.85. The van der Waals surface area contributed by atoms with E-state index in [1.165, 1.54) is 26.2 Å². The molecule has 0 aromatic carbocycles. The minimum Gasteiger partial charge on any atom is -0.392 e. The van der Waals surface area contributed by atoms with Crippen LogP contribution in [0.15, 0.2) is 0 Å². The predicted octanol–water partition coefficient (Wildman–Crippen LogP) is 0.230. The van der Waals surface area contributed by atoms with E-state index in [2.05, 4.69) is 35.6 Å². The van der Waals surface area contributed by atoms with Crippen molar-refractivity contribution in [3.05, 3.63) is 0 Å². The molecule has 1 heterocycles. The van der Waals surface area contributed by atoms with Crippen molar-refractivity contribution in [2.45, 2.75) is 19.9 Å². The SMILES string of the molecule is CC(C)N(CCN1CCN(C)CC1)CC(N)=S. The van der Waals surface area contributed by atoms with Gasteiger partial charge in [0.25, 0.3) is 0 Å². The van der Waals surface area contributed by atoms with Crippen LogP contribution >= 0.6 is 12.2 Å². The number of likely N-dealkylation sites (N-methyl/N-ethyl adjacent to an activating group) is 1. The van der Waals surface area contributed by atoms with Gasteiger partial charge in [-0.1, -0.05) is 12.2 Å². The van der Waals surface area contributed by atoms with Gasteiger partial charge in [0.1, 0.15) is 0 Å². The zero-order chi connectivity index (χ0) is 12.8. The van der Waals surface area contributed by atoms with Gasteiger partial charge < -0.3 is 10.6 Å². The quantitative estimate of drug-likeness (QED) is 0.690. The highest BCUT2D eigenvalue weighted by Crippen LogP contribution is 2.02. The van der Waals surface area contributed by atoms with Crippen molar-refractivity contribution in [1.29, 1.82) is 0 Å². The number of thiocarbonyl (C=S) groups is 1. The van der Waals surface area contributed by atoms with Crippen LogP contribution in [0.25, 0.3) is 0 Å². The normalized spacial score (nSPS) is 19.1. The Balaban J connectivity index is 2.28. The third-order valence-corrected chi connectivity index (χ3v) is 3.52. The van der Waals surface area contributed by atoms with Crippen LogP contribution in [0.5, 0.6) is 0 Å². The first-order valence-corrected chi connectivity index (χ1v) is 6.83. The van der Waals surface area contributed by atoms with Crippen LogP contribution < -0.4 is 5.73 Å². The summed E-state index contributed by atoms with van der Waals surface area (Å²) in [7, 11) is 2.19. The van der Waals surface area contributed by atoms with Crippen molar-refractivity contribution in [2.24, 2.45) is 5.73 Å². The maximum absolute atomic E-state index is 5.63. The number of hydrogen-bond acceptors (Lipinski definition) is 4. The van der Waals surface area contributed by atoms with Gasteiger partial charge in [-0.3, -0.25) is 9.80 Å². The molecule has 0 radical (unpaired) electrons. The summed E-state index contributed by atoms with van der Waals surface area (Å²) in [5, 5.41) is 0. The van der Waals surface area contributed by atoms with Crippen LogP contribution in [0.4, 0.5) is 0 Å². The average Bonchev–Trinajstić information content (AvgIpc) is 2.25. The summed E-state index contributed by atoms with van der Waals surface area (Å²) in [5.74, 6) is 0. The van der Waals surface area contributed by atoms with Gasteiger partial charge in [0.2, 0.25) is 0 Å². The number of nitrogens with two attached hydrogens (primary N) is 1. The van der Waals surface area contributed by atoms with Crippen molar-refractivity contribution >= 4 is 17.2 Å². The third-order valence-electron chi connectivity index (χ3n) is 3.39. The number of nitrogens with zero attached hydrogens (tertiary/aromatic N) is 3. The summed E-state index contributed by atoms with van der Waals surface area (Å²) in [5.41, 5.74) is 5.63. The molecule has 0 atom stereocenters. The molecule has 1 aliphatic rings. The molecule has 1 aliphatic heterocycles. The monoisotopic (exact) mass is 258 g/mol. The van der Waals surface area contributed by atoms with Gasteiger partial charge in [-0.2, -0.15) is 0 Å². The molecule has 0 aliphatic carbocycles.